The van der Waals surface area contributed by atoms with E-state index < -0.39 is 0 Å². The molecule has 6 heteroatoms. The van der Waals surface area contributed by atoms with Crippen molar-refractivity contribution in [2.24, 2.45) is 0 Å². The van der Waals surface area contributed by atoms with Gasteiger partial charge >= 0.3 is 0 Å². The van der Waals surface area contributed by atoms with Crippen LogP contribution in [0.2, 0.25) is 0 Å². The molecule has 0 aliphatic carbocycles. The number of carbonyl (C=O) groups excluding carboxylic acids is 1. The Balaban J connectivity index is 1.50. The molecule has 1 N–H and O–H groups in total. The van der Waals surface area contributed by atoms with E-state index in [1.54, 1.807) is 6.07 Å². The van der Waals surface area contributed by atoms with E-state index in [0.29, 0.717) is 13.1 Å². The maximum Gasteiger partial charge on any atom is 0.238 e. The lowest BCUT2D eigenvalue weighted by Gasteiger charge is -2.20. The summed E-state index contributed by atoms with van der Waals surface area (Å²) in [6.07, 6.45) is 2.57. The van der Waals surface area contributed by atoms with E-state index in [0.717, 1.165) is 17.8 Å². The first kappa shape index (κ1) is 21.3. The van der Waals surface area contributed by atoms with Gasteiger partial charge in [-0.15, -0.1) is 0 Å². The van der Waals surface area contributed by atoms with Crippen LogP contribution in [-0.4, -0.2) is 49.0 Å². The average Bonchev–Trinajstić information content (AvgIpc) is 3.22. The molecule has 0 unspecified atom stereocenters. The Hall–Kier alpha value is -2.44. The lowest BCUT2D eigenvalue weighted by molar-refractivity contribution is -0.117. The van der Waals surface area contributed by atoms with Crippen LogP contribution < -0.4 is 10.1 Å². The van der Waals surface area contributed by atoms with Crippen molar-refractivity contribution in [3.05, 3.63) is 59.4 Å². The summed E-state index contributed by atoms with van der Waals surface area (Å²) in [4.78, 5) is 16.9. The van der Waals surface area contributed by atoms with Gasteiger partial charge in [-0.3, -0.25) is 14.6 Å². The third kappa shape index (κ3) is 6.27. The largest absolute Gasteiger partial charge is 0.494 e. The van der Waals surface area contributed by atoms with Crippen LogP contribution in [0.15, 0.2) is 42.5 Å². The van der Waals surface area contributed by atoms with Crippen molar-refractivity contribution in [1.82, 2.24) is 9.80 Å². The van der Waals surface area contributed by atoms with Gasteiger partial charge in [0.1, 0.15) is 0 Å². The molecule has 1 amide bonds. The average molecular weight is 400 g/mol. The first-order valence-corrected chi connectivity index (χ1v) is 10.2. The maximum atomic E-state index is 13.9. The minimum Gasteiger partial charge on any atom is -0.494 e. The van der Waals surface area contributed by atoms with E-state index in [1.807, 2.05) is 30.0 Å². The number of rotatable bonds is 9. The molecule has 1 aliphatic rings. The second-order valence-corrected chi connectivity index (χ2v) is 7.50. The number of likely N-dealkylation sites (N-methyl/N-ethyl adjacent to an activating group) is 1. The number of amides is 1. The third-order valence-electron chi connectivity index (χ3n) is 5.28. The topological polar surface area (TPSA) is 44.8 Å². The van der Waals surface area contributed by atoms with Crippen molar-refractivity contribution in [3.63, 3.8) is 0 Å². The van der Waals surface area contributed by atoms with Gasteiger partial charge in [-0.25, -0.2) is 4.39 Å². The van der Waals surface area contributed by atoms with Crippen molar-refractivity contribution >= 4 is 11.6 Å². The molecule has 0 atom stereocenters. The zero-order chi connectivity index (χ0) is 20.6. The quantitative estimate of drug-likeness (QED) is 0.695. The predicted octanol–water partition coefficient (Wildman–Crippen LogP) is 3.89. The lowest BCUT2D eigenvalue weighted by atomic mass is 10.2. The Morgan fingerprint density at radius 2 is 1.83 bits per heavy atom. The Kier molecular flexibility index (Phi) is 7.61. The molecule has 156 valence electrons. The molecule has 1 aliphatic heterocycles. The number of hydrogen-bond acceptors (Lipinski definition) is 4. The maximum absolute atomic E-state index is 13.9. The van der Waals surface area contributed by atoms with Crippen molar-refractivity contribution in [2.45, 2.75) is 32.9 Å². The van der Waals surface area contributed by atoms with Crippen LogP contribution in [-0.2, 0) is 17.9 Å². The summed E-state index contributed by atoms with van der Waals surface area (Å²) in [5.74, 6) is -0.240. The van der Waals surface area contributed by atoms with Crippen LogP contribution in [0.3, 0.4) is 0 Å². The second kappa shape index (κ2) is 10.4. The molecule has 0 aromatic heterocycles. The van der Waals surface area contributed by atoms with Crippen molar-refractivity contribution in [3.8, 4) is 5.75 Å². The van der Waals surface area contributed by atoms with Crippen molar-refractivity contribution < 1.29 is 13.9 Å². The van der Waals surface area contributed by atoms with Gasteiger partial charge in [0.05, 0.1) is 13.7 Å². The van der Waals surface area contributed by atoms with Gasteiger partial charge in [0, 0.05) is 18.8 Å². The van der Waals surface area contributed by atoms with Gasteiger partial charge in [-0.2, -0.15) is 0 Å². The number of benzene rings is 2. The highest BCUT2D eigenvalue weighted by molar-refractivity contribution is 5.92. The molecule has 0 bridgehead atoms. The summed E-state index contributed by atoms with van der Waals surface area (Å²) in [7, 11) is 1.44. The first-order valence-electron chi connectivity index (χ1n) is 10.2. The highest BCUT2D eigenvalue weighted by atomic mass is 19.1. The Morgan fingerprint density at radius 3 is 2.45 bits per heavy atom. The second-order valence-electron chi connectivity index (χ2n) is 7.50. The molecular formula is C23H30FN3O2. The molecule has 0 spiro atoms. The van der Waals surface area contributed by atoms with Crippen molar-refractivity contribution in [1.29, 1.82) is 0 Å². The summed E-state index contributed by atoms with van der Waals surface area (Å²) < 4.78 is 18.8. The molecule has 0 saturated carbocycles. The summed E-state index contributed by atoms with van der Waals surface area (Å²) >= 11 is 0. The predicted molar refractivity (Wildman–Crippen MR) is 113 cm³/mol. The van der Waals surface area contributed by atoms with Crippen LogP contribution in [0.1, 0.15) is 30.9 Å². The monoisotopic (exact) mass is 399 g/mol. The number of nitrogens with one attached hydrogen (secondary N) is 1. The van der Waals surface area contributed by atoms with Gasteiger partial charge in [-0.1, -0.05) is 25.1 Å². The Morgan fingerprint density at radius 1 is 1.14 bits per heavy atom. The fourth-order valence-corrected chi connectivity index (χ4v) is 3.64. The highest BCUT2D eigenvalue weighted by Gasteiger charge is 2.13. The normalized spacial score (nSPS) is 14.3. The SMILES string of the molecule is CCN(CC(=O)Nc1ccc(CN2CCCC2)cc1)Cc1ccc(OC)c(F)c1. The Labute approximate surface area is 172 Å². The molecular weight excluding hydrogens is 369 g/mol. The number of likely N-dealkylation sites (tertiary alicyclic amines) is 1. The molecule has 2 aromatic carbocycles. The number of nitrogens with zero attached hydrogens (tertiary/aromatic N) is 2. The molecule has 1 heterocycles. The van der Waals surface area contributed by atoms with Crippen molar-refractivity contribution in [2.75, 3.05) is 38.6 Å². The highest BCUT2D eigenvalue weighted by Crippen LogP contribution is 2.19. The third-order valence-corrected chi connectivity index (χ3v) is 5.28. The standard InChI is InChI=1S/C23H30FN3O2/c1-3-26(16-19-8-11-22(29-2)21(24)14-19)17-23(28)25-20-9-6-18(7-10-20)15-27-12-4-5-13-27/h6-11,14H,3-5,12-13,15-17H2,1-2H3,(H,25,28). The fourth-order valence-electron chi connectivity index (χ4n) is 3.64. The zero-order valence-corrected chi connectivity index (χ0v) is 17.3. The van der Waals surface area contributed by atoms with E-state index in [1.165, 1.54) is 44.7 Å². The number of hydrogen-bond donors (Lipinski definition) is 1. The van der Waals surface area contributed by atoms with E-state index in [-0.39, 0.29) is 24.0 Å². The van der Waals surface area contributed by atoms with E-state index >= 15 is 0 Å². The van der Waals surface area contributed by atoms with Crippen LogP contribution in [0, 0.1) is 5.82 Å². The van der Waals surface area contributed by atoms with E-state index in [2.05, 4.69) is 22.3 Å². The summed E-state index contributed by atoms with van der Waals surface area (Å²) in [5.41, 5.74) is 2.87. The molecule has 1 saturated heterocycles. The summed E-state index contributed by atoms with van der Waals surface area (Å²) in [5, 5.41) is 2.95. The summed E-state index contributed by atoms with van der Waals surface area (Å²) in [6, 6.07) is 13.0. The minimum absolute atomic E-state index is 0.0758. The number of anilines is 1. The molecule has 5 nitrogen and oxygen atoms in total. The molecule has 1 fully saturated rings. The number of methoxy groups -OCH3 is 1. The van der Waals surface area contributed by atoms with Gasteiger partial charge in [-0.05, 0) is 67.9 Å². The molecule has 2 aromatic rings. The fraction of sp³-hybridized carbons (Fsp3) is 0.435. The van der Waals surface area contributed by atoms with Gasteiger partial charge in [0.15, 0.2) is 11.6 Å². The number of carbonyl (C=O) groups is 1. The Bertz CT molecular complexity index is 804. The van der Waals surface area contributed by atoms with Crippen LogP contribution in [0.5, 0.6) is 5.75 Å². The molecule has 29 heavy (non-hydrogen) atoms. The van der Waals surface area contributed by atoms with Gasteiger partial charge in [0.2, 0.25) is 5.91 Å². The van der Waals surface area contributed by atoms with Crippen LogP contribution >= 0.6 is 0 Å². The smallest absolute Gasteiger partial charge is 0.238 e. The van der Waals surface area contributed by atoms with E-state index in [9.17, 15) is 9.18 Å². The molecule has 3 rings (SSSR count). The summed E-state index contributed by atoms with van der Waals surface area (Å²) in [6.45, 7) is 6.73. The van der Waals surface area contributed by atoms with Gasteiger partial charge in [0.25, 0.3) is 0 Å². The minimum atomic E-state index is -0.389. The van der Waals surface area contributed by atoms with Gasteiger partial charge < -0.3 is 10.1 Å². The number of halogens is 1. The first-order chi connectivity index (χ1) is 14.1. The number of ether oxygens (including phenoxy) is 1. The lowest BCUT2D eigenvalue weighted by Crippen LogP contribution is -2.32. The van der Waals surface area contributed by atoms with Crippen LogP contribution in [0.25, 0.3) is 0 Å². The molecule has 0 radical (unpaired) electrons. The van der Waals surface area contributed by atoms with Crippen LogP contribution in [0.4, 0.5) is 10.1 Å². The zero-order valence-electron chi connectivity index (χ0n) is 17.3. The van der Waals surface area contributed by atoms with E-state index in [4.69, 9.17) is 4.74 Å².